The number of pyridine rings is 1. The van der Waals surface area contributed by atoms with E-state index in [-0.39, 0.29) is 0 Å². The summed E-state index contributed by atoms with van der Waals surface area (Å²) < 4.78 is 0. The van der Waals surface area contributed by atoms with Crippen molar-refractivity contribution in [1.29, 1.82) is 0 Å². The van der Waals surface area contributed by atoms with Gasteiger partial charge in [-0.1, -0.05) is 32.0 Å². The molecule has 1 aliphatic carbocycles. The van der Waals surface area contributed by atoms with E-state index in [0.717, 1.165) is 6.54 Å². The first-order chi connectivity index (χ1) is 8.16. The highest BCUT2D eigenvalue weighted by molar-refractivity contribution is 5.85. The maximum Gasteiger partial charge on any atom is 0.0346 e. The average Bonchev–Trinajstić information content (AvgIpc) is 2.90. The second kappa shape index (κ2) is 3.54. The Hall–Kier alpha value is -1.41. The van der Waals surface area contributed by atoms with E-state index in [2.05, 4.69) is 43.1 Å². The SMILES string of the molecule is CC1(C)C(CN)C1c1cccc2cnccc12. The van der Waals surface area contributed by atoms with E-state index in [0.29, 0.717) is 17.3 Å². The molecule has 1 aromatic heterocycles. The van der Waals surface area contributed by atoms with Crippen LogP contribution in [0.25, 0.3) is 10.8 Å². The van der Waals surface area contributed by atoms with Crippen LogP contribution in [0.2, 0.25) is 0 Å². The Kier molecular flexibility index (Phi) is 2.23. The summed E-state index contributed by atoms with van der Waals surface area (Å²) in [6, 6.07) is 8.61. The smallest absolute Gasteiger partial charge is 0.0346 e. The molecular weight excluding hydrogens is 208 g/mol. The minimum atomic E-state index is 0.340. The van der Waals surface area contributed by atoms with Crippen LogP contribution in [0.5, 0.6) is 0 Å². The van der Waals surface area contributed by atoms with Crippen molar-refractivity contribution in [1.82, 2.24) is 4.98 Å². The van der Waals surface area contributed by atoms with Crippen molar-refractivity contribution in [2.45, 2.75) is 19.8 Å². The Morgan fingerprint density at radius 3 is 2.82 bits per heavy atom. The van der Waals surface area contributed by atoms with Crippen molar-refractivity contribution in [3.8, 4) is 0 Å². The lowest BCUT2D eigenvalue weighted by molar-refractivity contribution is 0.559. The summed E-state index contributed by atoms with van der Waals surface area (Å²) in [5.74, 6) is 1.21. The molecule has 2 aromatic rings. The Balaban J connectivity index is 2.14. The molecule has 2 N–H and O–H groups in total. The highest BCUT2D eigenvalue weighted by Crippen LogP contribution is 2.64. The third-order valence-corrected chi connectivity index (χ3v) is 4.35. The first-order valence-corrected chi connectivity index (χ1v) is 6.19. The molecule has 1 aromatic carbocycles. The molecule has 0 saturated heterocycles. The number of hydrogen-bond acceptors (Lipinski definition) is 2. The number of aromatic nitrogens is 1. The fraction of sp³-hybridized carbons (Fsp3) is 0.400. The summed E-state index contributed by atoms with van der Waals surface area (Å²) in [6.45, 7) is 5.41. The Labute approximate surface area is 102 Å². The predicted octanol–water partition coefficient (Wildman–Crippen LogP) is 2.93. The maximum absolute atomic E-state index is 5.87. The summed E-state index contributed by atoms with van der Waals surface area (Å²) in [5, 5.41) is 2.56. The molecule has 0 aliphatic heterocycles. The molecule has 2 heteroatoms. The zero-order valence-electron chi connectivity index (χ0n) is 10.4. The number of hydrogen-bond donors (Lipinski definition) is 1. The third-order valence-electron chi connectivity index (χ3n) is 4.35. The molecule has 2 unspecified atom stereocenters. The van der Waals surface area contributed by atoms with Gasteiger partial charge in [-0.15, -0.1) is 0 Å². The molecule has 0 bridgehead atoms. The topological polar surface area (TPSA) is 38.9 Å². The molecule has 0 spiro atoms. The summed E-state index contributed by atoms with van der Waals surface area (Å²) in [5.41, 5.74) is 7.64. The molecule has 1 fully saturated rings. The van der Waals surface area contributed by atoms with Gasteiger partial charge in [0.2, 0.25) is 0 Å². The lowest BCUT2D eigenvalue weighted by atomic mass is 9.98. The summed E-state index contributed by atoms with van der Waals surface area (Å²) >= 11 is 0. The lowest BCUT2D eigenvalue weighted by Crippen LogP contribution is -2.05. The van der Waals surface area contributed by atoms with Gasteiger partial charge in [-0.2, -0.15) is 0 Å². The standard InChI is InChI=1S/C15H18N2/c1-15(2)13(8-16)14(15)12-5-3-4-10-9-17-7-6-11(10)12/h3-7,9,13-14H,8,16H2,1-2H3. The third kappa shape index (κ3) is 1.48. The van der Waals surface area contributed by atoms with Gasteiger partial charge in [-0.25, -0.2) is 0 Å². The number of nitrogens with zero attached hydrogens (tertiary/aromatic N) is 1. The first-order valence-electron chi connectivity index (χ1n) is 6.19. The van der Waals surface area contributed by atoms with E-state index in [1.54, 1.807) is 0 Å². The monoisotopic (exact) mass is 226 g/mol. The molecule has 0 amide bonds. The molecule has 2 atom stereocenters. The highest BCUT2D eigenvalue weighted by Gasteiger charge is 2.57. The van der Waals surface area contributed by atoms with Gasteiger partial charge in [0.05, 0.1) is 0 Å². The van der Waals surface area contributed by atoms with Crippen molar-refractivity contribution < 1.29 is 0 Å². The molecule has 88 valence electrons. The van der Waals surface area contributed by atoms with Crippen LogP contribution in [0.3, 0.4) is 0 Å². The average molecular weight is 226 g/mol. The van der Waals surface area contributed by atoms with E-state index < -0.39 is 0 Å². The normalized spacial score (nSPS) is 26.1. The van der Waals surface area contributed by atoms with Crippen LogP contribution >= 0.6 is 0 Å². The molecule has 1 heterocycles. The van der Waals surface area contributed by atoms with Crippen LogP contribution in [-0.4, -0.2) is 11.5 Å². The summed E-state index contributed by atoms with van der Waals surface area (Å²) in [4.78, 5) is 4.18. The van der Waals surface area contributed by atoms with Gasteiger partial charge < -0.3 is 5.73 Å². The number of fused-ring (bicyclic) bond motifs is 1. The zero-order chi connectivity index (χ0) is 12.0. The van der Waals surface area contributed by atoms with Gasteiger partial charge in [-0.05, 0) is 40.8 Å². The molecule has 0 radical (unpaired) electrons. The van der Waals surface area contributed by atoms with Crippen LogP contribution in [0.1, 0.15) is 25.3 Å². The van der Waals surface area contributed by atoms with E-state index >= 15 is 0 Å². The van der Waals surface area contributed by atoms with Gasteiger partial charge in [-0.3, -0.25) is 4.98 Å². The second-order valence-electron chi connectivity index (χ2n) is 5.59. The van der Waals surface area contributed by atoms with Crippen LogP contribution in [0.15, 0.2) is 36.7 Å². The van der Waals surface area contributed by atoms with Crippen molar-refractivity contribution >= 4 is 10.8 Å². The van der Waals surface area contributed by atoms with Gasteiger partial charge in [0.25, 0.3) is 0 Å². The first kappa shape index (κ1) is 10.7. The van der Waals surface area contributed by atoms with E-state index in [9.17, 15) is 0 Å². The Morgan fingerprint density at radius 2 is 2.12 bits per heavy atom. The molecule has 1 aliphatic rings. The van der Waals surface area contributed by atoms with E-state index in [1.807, 2.05) is 12.4 Å². The van der Waals surface area contributed by atoms with Crippen LogP contribution < -0.4 is 5.73 Å². The van der Waals surface area contributed by atoms with Gasteiger partial charge in [0.15, 0.2) is 0 Å². The van der Waals surface area contributed by atoms with Crippen molar-refractivity contribution in [3.05, 3.63) is 42.2 Å². The molecule has 2 nitrogen and oxygen atoms in total. The fourth-order valence-corrected chi connectivity index (χ4v) is 3.22. The highest BCUT2D eigenvalue weighted by atomic mass is 14.7. The number of rotatable bonds is 2. The van der Waals surface area contributed by atoms with Gasteiger partial charge in [0, 0.05) is 17.8 Å². The lowest BCUT2D eigenvalue weighted by Gasteiger charge is -2.07. The predicted molar refractivity (Wildman–Crippen MR) is 70.8 cm³/mol. The second-order valence-corrected chi connectivity index (χ2v) is 5.59. The van der Waals surface area contributed by atoms with Crippen LogP contribution in [0, 0.1) is 11.3 Å². The van der Waals surface area contributed by atoms with Crippen LogP contribution in [0.4, 0.5) is 0 Å². The van der Waals surface area contributed by atoms with Crippen molar-refractivity contribution in [3.63, 3.8) is 0 Å². The largest absolute Gasteiger partial charge is 0.330 e. The summed E-state index contributed by atoms with van der Waals surface area (Å²) in [6.07, 6.45) is 3.81. The summed E-state index contributed by atoms with van der Waals surface area (Å²) in [7, 11) is 0. The quantitative estimate of drug-likeness (QED) is 0.855. The minimum absolute atomic E-state index is 0.340. The maximum atomic E-state index is 5.87. The molecule has 3 rings (SSSR count). The van der Waals surface area contributed by atoms with Crippen molar-refractivity contribution in [2.24, 2.45) is 17.1 Å². The number of benzene rings is 1. The Morgan fingerprint density at radius 1 is 1.29 bits per heavy atom. The molecule has 17 heavy (non-hydrogen) atoms. The van der Waals surface area contributed by atoms with Crippen molar-refractivity contribution in [2.75, 3.05) is 6.54 Å². The minimum Gasteiger partial charge on any atom is -0.330 e. The number of nitrogens with two attached hydrogens (primary N) is 1. The van der Waals surface area contributed by atoms with Gasteiger partial charge >= 0.3 is 0 Å². The Bertz CT molecular complexity index is 554. The van der Waals surface area contributed by atoms with E-state index in [4.69, 9.17) is 5.73 Å². The van der Waals surface area contributed by atoms with E-state index in [1.165, 1.54) is 16.3 Å². The van der Waals surface area contributed by atoms with Gasteiger partial charge in [0.1, 0.15) is 0 Å². The van der Waals surface area contributed by atoms with Crippen LogP contribution in [-0.2, 0) is 0 Å². The fourth-order valence-electron chi connectivity index (χ4n) is 3.22. The zero-order valence-corrected chi connectivity index (χ0v) is 10.4. The molecular formula is C15H18N2. The molecule has 1 saturated carbocycles.